The molecule has 2 atom stereocenters. The molecule has 0 fully saturated rings. The molecule has 178 valence electrons. The van der Waals surface area contributed by atoms with Crippen molar-refractivity contribution in [1.29, 1.82) is 0 Å². The highest BCUT2D eigenvalue weighted by Gasteiger charge is 2.29. The quantitative estimate of drug-likeness (QED) is 0.579. The summed E-state index contributed by atoms with van der Waals surface area (Å²) in [4.78, 5) is 28.2. The van der Waals surface area contributed by atoms with E-state index in [9.17, 15) is 9.59 Å². The second kappa shape index (κ2) is 11.7. The van der Waals surface area contributed by atoms with Crippen LogP contribution >= 0.6 is 0 Å². The predicted octanol–water partition coefficient (Wildman–Crippen LogP) is 4.42. The maximum Gasteiger partial charge on any atom is 0.243 e. The van der Waals surface area contributed by atoms with E-state index in [0.717, 1.165) is 34.6 Å². The Morgan fingerprint density at radius 1 is 0.970 bits per heavy atom. The lowest BCUT2D eigenvalue weighted by Crippen LogP contribution is -2.50. The van der Waals surface area contributed by atoms with Crippen molar-refractivity contribution in [3.8, 4) is 11.5 Å². The number of aryl methyl sites for hydroxylation is 2. The Morgan fingerprint density at radius 3 is 2.30 bits per heavy atom. The van der Waals surface area contributed by atoms with E-state index in [1.807, 2.05) is 70.2 Å². The van der Waals surface area contributed by atoms with Gasteiger partial charge in [0.25, 0.3) is 0 Å². The lowest BCUT2D eigenvalue weighted by atomic mass is 10.0. The van der Waals surface area contributed by atoms with Gasteiger partial charge in [-0.2, -0.15) is 0 Å². The maximum absolute atomic E-state index is 13.4. The van der Waals surface area contributed by atoms with Gasteiger partial charge >= 0.3 is 0 Å². The monoisotopic (exact) mass is 452 g/mol. The fourth-order valence-electron chi connectivity index (χ4n) is 3.89. The molecule has 2 amide bonds. The Balaban J connectivity index is 1.75. The van der Waals surface area contributed by atoms with Gasteiger partial charge in [-0.1, -0.05) is 49.7 Å². The highest BCUT2D eigenvalue weighted by atomic mass is 16.6. The summed E-state index contributed by atoms with van der Waals surface area (Å²) in [5.74, 6) is 1.34. The van der Waals surface area contributed by atoms with Crippen LogP contribution in [0, 0.1) is 6.92 Å². The lowest BCUT2D eigenvalue weighted by molar-refractivity contribution is -0.141. The van der Waals surface area contributed by atoms with Crippen LogP contribution in [0.5, 0.6) is 11.5 Å². The van der Waals surface area contributed by atoms with Gasteiger partial charge in [0.2, 0.25) is 11.8 Å². The second-order valence-electron chi connectivity index (χ2n) is 8.73. The molecule has 1 N–H and O–H groups in total. The number of fused-ring (bicyclic) bond motifs is 1. The number of hydrogen-bond acceptors (Lipinski definition) is 4. The van der Waals surface area contributed by atoms with Crippen LogP contribution in [0.15, 0.2) is 42.5 Å². The Morgan fingerprint density at radius 2 is 1.64 bits per heavy atom. The molecule has 0 bridgehead atoms. The molecular weight excluding hydrogens is 416 g/mol. The summed E-state index contributed by atoms with van der Waals surface area (Å²) in [6, 6.07) is 13.5. The first kappa shape index (κ1) is 24.6. The molecule has 0 saturated carbocycles. The van der Waals surface area contributed by atoms with Gasteiger partial charge in [0.05, 0.1) is 0 Å². The molecule has 0 saturated heterocycles. The molecule has 2 aromatic carbocycles. The molecule has 1 aliphatic rings. The molecule has 6 heteroatoms. The zero-order chi connectivity index (χ0) is 23.8. The topological polar surface area (TPSA) is 67.9 Å². The summed E-state index contributed by atoms with van der Waals surface area (Å²) >= 11 is 0. The molecule has 0 aromatic heterocycles. The number of benzene rings is 2. The number of ether oxygens (including phenoxy) is 2. The predicted molar refractivity (Wildman–Crippen MR) is 129 cm³/mol. The van der Waals surface area contributed by atoms with Crippen molar-refractivity contribution in [2.75, 3.05) is 13.2 Å². The van der Waals surface area contributed by atoms with Crippen molar-refractivity contribution in [1.82, 2.24) is 10.2 Å². The molecule has 1 heterocycles. The van der Waals surface area contributed by atoms with Gasteiger partial charge in [-0.3, -0.25) is 9.59 Å². The van der Waals surface area contributed by atoms with E-state index < -0.39 is 6.04 Å². The minimum absolute atomic E-state index is 0.0309. The SMILES string of the molecule is CC[C@@H](C)NC(=O)[C@H](CC)N(Cc1ccc(C)cc1)C(=O)CCc1ccc2c(c1)OCCO2. The Hall–Kier alpha value is -3.02. The molecular formula is C27H36N2O4. The largest absolute Gasteiger partial charge is 0.486 e. The van der Waals surface area contributed by atoms with E-state index in [4.69, 9.17) is 9.47 Å². The molecule has 0 spiro atoms. The van der Waals surface area contributed by atoms with Crippen LogP contribution in [0.1, 0.15) is 56.7 Å². The van der Waals surface area contributed by atoms with Gasteiger partial charge in [0.1, 0.15) is 19.3 Å². The van der Waals surface area contributed by atoms with Gasteiger partial charge in [-0.25, -0.2) is 0 Å². The molecule has 0 unspecified atom stereocenters. The number of amides is 2. The molecule has 2 aromatic rings. The summed E-state index contributed by atoms with van der Waals surface area (Å²) in [6.45, 7) is 9.50. The minimum atomic E-state index is -0.506. The van der Waals surface area contributed by atoms with Crippen molar-refractivity contribution < 1.29 is 19.1 Å². The first-order valence-corrected chi connectivity index (χ1v) is 11.9. The number of nitrogens with zero attached hydrogens (tertiary/aromatic N) is 1. The van der Waals surface area contributed by atoms with Crippen LogP contribution in [-0.4, -0.2) is 42.0 Å². The minimum Gasteiger partial charge on any atom is -0.486 e. The van der Waals surface area contributed by atoms with Crippen LogP contribution in [0.25, 0.3) is 0 Å². The van der Waals surface area contributed by atoms with Crippen LogP contribution < -0.4 is 14.8 Å². The van der Waals surface area contributed by atoms with Crippen LogP contribution in [0.4, 0.5) is 0 Å². The maximum atomic E-state index is 13.4. The summed E-state index contributed by atoms with van der Waals surface area (Å²) in [6.07, 6.45) is 2.30. The van der Waals surface area contributed by atoms with E-state index in [-0.39, 0.29) is 17.9 Å². The lowest BCUT2D eigenvalue weighted by Gasteiger charge is -2.31. The Bertz CT molecular complexity index is 942. The van der Waals surface area contributed by atoms with Gasteiger partial charge in [-0.05, 0) is 56.4 Å². The van der Waals surface area contributed by atoms with Gasteiger partial charge in [-0.15, -0.1) is 0 Å². The fraction of sp³-hybridized carbons (Fsp3) is 0.481. The second-order valence-corrected chi connectivity index (χ2v) is 8.73. The molecule has 3 rings (SSSR count). The number of carbonyl (C=O) groups excluding carboxylic acids is 2. The zero-order valence-electron chi connectivity index (χ0n) is 20.2. The van der Waals surface area contributed by atoms with Crippen molar-refractivity contribution in [2.24, 2.45) is 0 Å². The van der Waals surface area contributed by atoms with Crippen molar-refractivity contribution in [3.63, 3.8) is 0 Å². The molecule has 1 aliphatic heterocycles. The van der Waals surface area contributed by atoms with Crippen LogP contribution in [-0.2, 0) is 22.6 Å². The zero-order valence-corrected chi connectivity index (χ0v) is 20.2. The van der Waals surface area contributed by atoms with Crippen molar-refractivity contribution in [3.05, 3.63) is 59.2 Å². The number of nitrogens with one attached hydrogen (secondary N) is 1. The van der Waals surface area contributed by atoms with Crippen molar-refractivity contribution in [2.45, 2.75) is 72.0 Å². The summed E-state index contributed by atoms with van der Waals surface area (Å²) in [5.41, 5.74) is 3.19. The van der Waals surface area contributed by atoms with Gasteiger partial charge in [0, 0.05) is 19.0 Å². The third kappa shape index (κ3) is 6.73. The third-order valence-electron chi connectivity index (χ3n) is 6.09. The summed E-state index contributed by atoms with van der Waals surface area (Å²) < 4.78 is 11.3. The number of rotatable bonds is 10. The summed E-state index contributed by atoms with van der Waals surface area (Å²) in [7, 11) is 0. The Kier molecular flexibility index (Phi) is 8.75. The highest BCUT2D eigenvalue weighted by Crippen LogP contribution is 2.31. The smallest absolute Gasteiger partial charge is 0.243 e. The van der Waals surface area contributed by atoms with Crippen molar-refractivity contribution >= 4 is 11.8 Å². The molecule has 0 radical (unpaired) electrons. The van der Waals surface area contributed by atoms with Gasteiger partial charge in [0.15, 0.2) is 11.5 Å². The molecule has 0 aliphatic carbocycles. The van der Waals surface area contributed by atoms with E-state index in [1.54, 1.807) is 4.90 Å². The molecule has 6 nitrogen and oxygen atoms in total. The first-order chi connectivity index (χ1) is 15.9. The molecule has 33 heavy (non-hydrogen) atoms. The van der Waals surface area contributed by atoms with E-state index in [2.05, 4.69) is 5.32 Å². The van der Waals surface area contributed by atoms with Crippen LogP contribution in [0.2, 0.25) is 0 Å². The van der Waals surface area contributed by atoms with Crippen LogP contribution in [0.3, 0.4) is 0 Å². The number of carbonyl (C=O) groups is 2. The Labute approximate surface area is 197 Å². The van der Waals surface area contributed by atoms with E-state index in [0.29, 0.717) is 39.0 Å². The standard InChI is InChI=1S/C27H36N2O4/c1-5-20(4)28-27(31)23(6-2)29(18-22-9-7-19(3)8-10-22)26(30)14-12-21-11-13-24-25(17-21)33-16-15-32-24/h7-11,13,17,20,23H,5-6,12,14-16,18H2,1-4H3,(H,28,31)/t20-,23+/m1/s1. The average molecular weight is 453 g/mol. The van der Waals surface area contributed by atoms with Gasteiger partial charge < -0.3 is 19.7 Å². The first-order valence-electron chi connectivity index (χ1n) is 11.9. The fourth-order valence-corrected chi connectivity index (χ4v) is 3.89. The van der Waals surface area contributed by atoms with E-state index in [1.165, 1.54) is 0 Å². The normalized spacial score (nSPS) is 14.3. The third-order valence-corrected chi connectivity index (χ3v) is 6.09. The number of hydrogen-bond donors (Lipinski definition) is 1. The highest BCUT2D eigenvalue weighted by molar-refractivity contribution is 5.88. The van der Waals surface area contributed by atoms with E-state index >= 15 is 0 Å². The summed E-state index contributed by atoms with van der Waals surface area (Å²) in [5, 5.41) is 3.06. The average Bonchev–Trinajstić information content (AvgIpc) is 2.83.